The summed E-state index contributed by atoms with van der Waals surface area (Å²) in [6, 6.07) is 6.50. The summed E-state index contributed by atoms with van der Waals surface area (Å²) in [4.78, 5) is 18.3. The molecule has 1 saturated heterocycles. The van der Waals surface area contributed by atoms with Crippen LogP contribution in [0, 0.1) is 11.6 Å². The number of carbonyl (C=O) groups excluding carboxylic acids is 1. The topological polar surface area (TPSA) is 54.5 Å². The fraction of sp³-hybridized carbons (Fsp3) is 0.300. The summed E-state index contributed by atoms with van der Waals surface area (Å²) in [5, 5.41) is 3.39. The van der Waals surface area contributed by atoms with Crippen LogP contribution >= 0.6 is 11.3 Å². The average Bonchev–Trinajstić information content (AvgIpc) is 3.34. The Kier molecular flexibility index (Phi) is 5.89. The van der Waals surface area contributed by atoms with E-state index in [1.54, 1.807) is 0 Å². The Morgan fingerprint density at radius 2 is 2.00 bits per heavy atom. The van der Waals surface area contributed by atoms with E-state index in [9.17, 15) is 31.1 Å². The van der Waals surface area contributed by atoms with Gasteiger partial charge in [-0.3, -0.25) is 4.79 Å². The van der Waals surface area contributed by atoms with E-state index < -0.39 is 35.8 Å². The third kappa shape index (κ3) is 4.45. The number of rotatable bonds is 6. The predicted molar refractivity (Wildman–Crippen MR) is 105 cm³/mol. The van der Waals surface area contributed by atoms with Crippen LogP contribution in [0.3, 0.4) is 0 Å². The molecule has 0 unspecified atom stereocenters. The van der Waals surface area contributed by atoms with Crippen molar-refractivity contribution in [3.63, 3.8) is 0 Å². The SMILES string of the molecule is O=C(c1ccccc1OC(F)(F)C(F)F)N1CC[C@@H](Nc2nc3cc(F)cc(F)c3s2)C1. The highest BCUT2D eigenvalue weighted by atomic mass is 32.1. The van der Waals surface area contributed by atoms with E-state index in [2.05, 4.69) is 15.0 Å². The number of ether oxygens (including phenoxy) is 1. The summed E-state index contributed by atoms with van der Waals surface area (Å²) >= 11 is 0.995. The van der Waals surface area contributed by atoms with Crippen molar-refractivity contribution in [1.29, 1.82) is 0 Å². The van der Waals surface area contributed by atoms with Gasteiger partial charge in [-0.2, -0.15) is 17.6 Å². The smallest absolute Gasteiger partial charge is 0.427 e. The zero-order valence-electron chi connectivity index (χ0n) is 16.1. The van der Waals surface area contributed by atoms with Gasteiger partial charge in [0, 0.05) is 31.3 Å². The lowest BCUT2D eigenvalue weighted by Gasteiger charge is -2.21. The molecule has 1 N–H and O–H groups in total. The fourth-order valence-electron chi connectivity index (χ4n) is 3.35. The van der Waals surface area contributed by atoms with E-state index >= 15 is 0 Å². The van der Waals surface area contributed by atoms with E-state index in [1.807, 2.05) is 0 Å². The number of halogens is 6. The third-order valence-corrected chi connectivity index (χ3v) is 5.84. The largest absolute Gasteiger partial charge is 0.461 e. The second kappa shape index (κ2) is 8.49. The Labute approximate surface area is 181 Å². The average molecular weight is 475 g/mol. The Hall–Kier alpha value is -3.02. The van der Waals surface area contributed by atoms with E-state index in [4.69, 9.17) is 0 Å². The van der Waals surface area contributed by atoms with Crippen LogP contribution in [0.25, 0.3) is 10.2 Å². The number of likely N-dealkylation sites (tertiary alicyclic amines) is 1. The molecule has 3 aromatic rings. The first-order valence-corrected chi connectivity index (χ1v) is 10.2. The molecule has 1 atom stereocenters. The van der Waals surface area contributed by atoms with Crippen molar-refractivity contribution in [2.45, 2.75) is 25.0 Å². The molecule has 5 nitrogen and oxygen atoms in total. The molecule has 1 aromatic heterocycles. The van der Waals surface area contributed by atoms with Gasteiger partial charge in [0.2, 0.25) is 0 Å². The molecular weight excluding hydrogens is 460 g/mol. The van der Waals surface area contributed by atoms with Crippen molar-refractivity contribution in [3.05, 3.63) is 53.6 Å². The van der Waals surface area contributed by atoms with E-state index in [0.717, 1.165) is 29.5 Å². The van der Waals surface area contributed by atoms with Gasteiger partial charge in [-0.25, -0.2) is 13.8 Å². The molecule has 0 aliphatic carbocycles. The van der Waals surface area contributed by atoms with Gasteiger partial charge in [0.05, 0.1) is 15.8 Å². The number of nitrogens with one attached hydrogen (secondary N) is 1. The predicted octanol–water partition coefficient (Wildman–Crippen LogP) is 5.14. The van der Waals surface area contributed by atoms with Gasteiger partial charge >= 0.3 is 12.5 Å². The molecule has 0 saturated carbocycles. The molecule has 32 heavy (non-hydrogen) atoms. The van der Waals surface area contributed by atoms with Crippen LogP contribution in [0.15, 0.2) is 36.4 Å². The summed E-state index contributed by atoms with van der Waals surface area (Å²) < 4.78 is 83.2. The Morgan fingerprint density at radius 1 is 1.25 bits per heavy atom. The Balaban J connectivity index is 1.46. The summed E-state index contributed by atoms with van der Waals surface area (Å²) in [5.74, 6) is -2.79. The number of fused-ring (bicyclic) bond motifs is 1. The first kappa shape index (κ1) is 22.2. The van der Waals surface area contributed by atoms with Crippen LogP contribution < -0.4 is 10.1 Å². The van der Waals surface area contributed by atoms with Crippen LogP contribution in [-0.2, 0) is 0 Å². The highest BCUT2D eigenvalue weighted by molar-refractivity contribution is 7.22. The van der Waals surface area contributed by atoms with Gasteiger partial charge in [0.25, 0.3) is 5.91 Å². The number of para-hydroxylation sites is 1. The molecule has 12 heteroatoms. The molecule has 170 valence electrons. The maximum absolute atomic E-state index is 13.9. The summed E-state index contributed by atoms with van der Waals surface area (Å²) in [6.07, 6.45) is -8.33. The van der Waals surface area contributed by atoms with Gasteiger partial charge in [0.1, 0.15) is 17.4 Å². The van der Waals surface area contributed by atoms with Crippen molar-refractivity contribution in [2.75, 3.05) is 18.4 Å². The van der Waals surface area contributed by atoms with Crippen molar-refractivity contribution < 1.29 is 35.9 Å². The molecule has 4 rings (SSSR count). The van der Waals surface area contributed by atoms with Crippen molar-refractivity contribution in [1.82, 2.24) is 9.88 Å². The first-order chi connectivity index (χ1) is 15.1. The van der Waals surface area contributed by atoms with Crippen LogP contribution in [0.1, 0.15) is 16.8 Å². The number of aromatic nitrogens is 1. The molecule has 2 aromatic carbocycles. The second-order valence-corrected chi connectivity index (χ2v) is 8.10. The zero-order valence-corrected chi connectivity index (χ0v) is 16.9. The number of amides is 1. The van der Waals surface area contributed by atoms with Crippen molar-refractivity contribution >= 4 is 32.6 Å². The lowest BCUT2D eigenvalue weighted by atomic mass is 10.1. The zero-order chi connectivity index (χ0) is 23.0. The minimum atomic E-state index is -4.74. The number of alkyl halides is 4. The minimum Gasteiger partial charge on any atom is -0.427 e. The molecule has 1 fully saturated rings. The highest BCUT2D eigenvalue weighted by Gasteiger charge is 2.45. The standard InChI is InChI=1S/C20H15F6N3O2S/c21-10-7-13(22)16-14(8-10)28-19(32-16)27-11-5-6-29(9-11)17(30)12-3-1-2-4-15(12)31-20(25,26)18(23)24/h1-4,7-8,11,18H,5-6,9H2,(H,27,28)/t11-/m1/s1. The number of thiazole rings is 1. The fourth-order valence-corrected chi connectivity index (χ4v) is 4.28. The van der Waals surface area contributed by atoms with Gasteiger partial charge in [-0.05, 0) is 18.6 Å². The van der Waals surface area contributed by atoms with E-state index in [-0.39, 0.29) is 34.9 Å². The molecule has 1 aliphatic heterocycles. The summed E-state index contributed by atoms with van der Waals surface area (Å²) in [5.41, 5.74) is -0.113. The number of nitrogens with zero attached hydrogens (tertiary/aromatic N) is 2. The van der Waals surface area contributed by atoms with Gasteiger partial charge in [-0.1, -0.05) is 23.5 Å². The number of hydrogen-bond donors (Lipinski definition) is 1. The van der Waals surface area contributed by atoms with Gasteiger partial charge in [-0.15, -0.1) is 0 Å². The molecular formula is C20H15F6N3O2S. The monoisotopic (exact) mass is 475 g/mol. The molecule has 2 heterocycles. The molecule has 1 amide bonds. The van der Waals surface area contributed by atoms with Crippen molar-refractivity contribution in [3.8, 4) is 5.75 Å². The summed E-state index contributed by atoms with van der Waals surface area (Å²) in [6.45, 7) is 0.412. The van der Waals surface area contributed by atoms with Crippen molar-refractivity contribution in [2.24, 2.45) is 0 Å². The van der Waals surface area contributed by atoms with Gasteiger partial charge in [0.15, 0.2) is 5.13 Å². The third-order valence-electron chi connectivity index (χ3n) is 4.83. The van der Waals surface area contributed by atoms with E-state index in [0.29, 0.717) is 11.6 Å². The summed E-state index contributed by atoms with van der Waals surface area (Å²) in [7, 11) is 0. The Bertz CT molecular complexity index is 1160. The van der Waals surface area contributed by atoms with E-state index in [1.165, 1.54) is 23.1 Å². The number of carbonyl (C=O) groups is 1. The number of benzene rings is 2. The van der Waals surface area contributed by atoms with Gasteiger partial charge < -0.3 is 15.0 Å². The number of anilines is 1. The number of hydrogen-bond acceptors (Lipinski definition) is 5. The second-order valence-electron chi connectivity index (χ2n) is 7.10. The van der Waals surface area contributed by atoms with Crippen LogP contribution in [-0.4, -0.2) is 47.5 Å². The quantitative estimate of drug-likeness (QED) is 0.502. The maximum atomic E-state index is 13.9. The molecule has 0 radical (unpaired) electrons. The first-order valence-electron chi connectivity index (χ1n) is 9.39. The lowest BCUT2D eigenvalue weighted by Crippen LogP contribution is -2.35. The molecule has 0 spiro atoms. The highest BCUT2D eigenvalue weighted by Crippen LogP contribution is 2.32. The Morgan fingerprint density at radius 3 is 2.75 bits per heavy atom. The van der Waals surface area contributed by atoms with Crippen LogP contribution in [0.5, 0.6) is 5.75 Å². The minimum absolute atomic E-state index is 0.158. The van der Waals surface area contributed by atoms with Crippen LogP contribution in [0.2, 0.25) is 0 Å². The lowest BCUT2D eigenvalue weighted by molar-refractivity contribution is -0.253. The molecule has 1 aliphatic rings. The maximum Gasteiger partial charge on any atom is 0.461 e. The molecule has 0 bridgehead atoms. The van der Waals surface area contributed by atoms with Crippen LogP contribution in [0.4, 0.5) is 31.5 Å². The normalized spacial score (nSPS) is 16.7.